The number of halogens is 3. The second-order valence-electron chi connectivity index (χ2n) is 5.66. The fourth-order valence-corrected chi connectivity index (χ4v) is 2.31. The molecule has 27 heavy (non-hydrogen) atoms. The van der Waals surface area contributed by atoms with Crippen LogP contribution >= 0.6 is 0 Å². The van der Waals surface area contributed by atoms with Gasteiger partial charge in [0, 0.05) is 18.3 Å². The van der Waals surface area contributed by atoms with Gasteiger partial charge in [-0.25, -0.2) is 9.97 Å². The molecule has 2 N–H and O–H groups in total. The van der Waals surface area contributed by atoms with Crippen molar-refractivity contribution in [1.82, 2.24) is 15.3 Å². The monoisotopic (exact) mass is 372 g/mol. The van der Waals surface area contributed by atoms with E-state index in [2.05, 4.69) is 20.6 Å². The summed E-state index contributed by atoms with van der Waals surface area (Å²) in [5.74, 6) is -0.0775. The van der Waals surface area contributed by atoms with Crippen LogP contribution in [-0.2, 0) is 12.7 Å². The minimum absolute atomic E-state index is 0.148. The van der Waals surface area contributed by atoms with Crippen molar-refractivity contribution in [2.24, 2.45) is 0 Å². The molecule has 138 valence electrons. The molecule has 8 heteroatoms. The lowest BCUT2D eigenvalue weighted by Gasteiger charge is -2.10. The third-order valence-corrected chi connectivity index (χ3v) is 3.68. The average molecular weight is 372 g/mol. The second-order valence-corrected chi connectivity index (χ2v) is 5.66. The Labute approximate surface area is 153 Å². The summed E-state index contributed by atoms with van der Waals surface area (Å²) in [4.78, 5) is 20.1. The molecule has 1 heterocycles. The number of nitrogens with zero attached hydrogens (tertiary/aromatic N) is 2. The molecule has 0 aliphatic rings. The lowest BCUT2D eigenvalue weighted by atomic mass is 10.2. The van der Waals surface area contributed by atoms with Crippen LogP contribution < -0.4 is 10.6 Å². The van der Waals surface area contributed by atoms with Crippen molar-refractivity contribution >= 4 is 17.4 Å². The van der Waals surface area contributed by atoms with Gasteiger partial charge in [0.2, 0.25) is 0 Å². The van der Waals surface area contributed by atoms with Gasteiger partial charge in [-0.1, -0.05) is 30.3 Å². The number of carbonyl (C=O) groups is 1. The van der Waals surface area contributed by atoms with Crippen molar-refractivity contribution in [3.05, 3.63) is 83.8 Å². The van der Waals surface area contributed by atoms with E-state index in [1.807, 2.05) is 30.3 Å². The Balaban J connectivity index is 1.65. The van der Waals surface area contributed by atoms with Crippen LogP contribution in [0.15, 0.2) is 67.0 Å². The Hall–Kier alpha value is -3.42. The lowest BCUT2D eigenvalue weighted by molar-refractivity contribution is -0.137. The Morgan fingerprint density at radius 1 is 0.963 bits per heavy atom. The van der Waals surface area contributed by atoms with Gasteiger partial charge in [0.25, 0.3) is 5.91 Å². The summed E-state index contributed by atoms with van der Waals surface area (Å²) < 4.78 is 37.8. The topological polar surface area (TPSA) is 66.9 Å². The van der Waals surface area contributed by atoms with E-state index in [1.165, 1.54) is 24.5 Å². The zero-order chi connectivity index (χ0) is 19.3. The second kappa shape index (κ2) is 7.86. The van der Waals surface area contributed by atoms with E-state index < -0.39 is 11.7 Å². The van der Waals surface area contributed by atoms with Crippen LogP contribution in [0.3, 0.4) is 0 Å². The van der Waals surface area contributed by atoms with Crippen LogP contribution in [0.4, 0.5) is 24.7 Å². The fraction of sp³-hybridized carbons (Fsp3) is 0.105. The summed E-state index contributed by atoms with van der Waals surface area (Å²) >= 11 is 0. The summed E-state index contributed by atoms with van der Waals surface area (Å²) in [6.45, 7) is 0.353. The molecular weight excluding hydrogens is 357 g/mol. The van der Waals surface area contributed by atoms with Gasteiger partial charge in [0.15, 0.2) is 0 Å². The molecule has 5 nitrogen and oxygen atoms in total. The van der Waals surface area contributed by atoms with Crippen LogP contribution in [0.25, 0.3) is 0 Å². The highest BCUT2D eigenvalue weighted by atomic mass is 19.4. The van der Waals surface area contributed by atoms with Gasteiger partial charge < -0.3 is 10.6 Å². The van der Waals surface area contributed by atoms with Gasteiger partial charge in [0.1, 0.15) is 17.8 Å². The zero-order valence-electron chi connectivity index (χ0n) is 14.0. The van der Waals surface area contributed by atoms with Crippen LogP contribution in [0.1, 0.15) is 21.6 Å². The Morgan fingerprint density at radius 3 is 2.33 bits per heavy atom. The number of hydrogen-bond donors (Lipinski definition) is 2. The van der Waals surface area contributed by atoms with E-state index in [1.54, 1.807) is 0 Å². The first-order valence-corrected chi connectivity index (χ1v) is 8.00. The number of aromatic nitrogens is 2. The van der Waals surface area contributed by atoms with Crippen molar-refractivity contribution in [1.29, 1.82) is 0 Å². The largest absolute Gasteiger partial charge is 0.416 e. The van der Waals surface area contributed by atoms with Gasteiger partial charge in [0.05, 0.1) is 5.56 Å². The van der Waals surface area contributed by atoms with Crippen molar-refractivity contribution in [3.8, 4) is 0 Å². The normalized spacial score (nSPS) is 11.1. The molecule has 2 aromatic carbocycles. The number of benzene rings is 2. The molecule has 0 saturated carbocycles. The first-order chi connectivity index (χ1) is 12.9. The minimum atomic E-state index is -4.39. The smallest absolute Gasteiger partial charge is 0.347 e. The van der Waals surface area contributed by atoms with Crippen molar-refractivity contribution < 1.29 is 18.0 Å². The van der Waals surface area contributed by atoms with Crippen molar-refractivity contribution in [2.45, 2.75) is 12.7 Å². The SMILES string of the molecule is O=C(NCc1ccccc1)c1cc(Nc2ccc(C(F)(F)F)cc2)ncn1. The minimum Gasteiger partial charge on any atom is -0.347 e. The molecule has 0 atom stereocenters. The van der Waals surface area contributed by atoms with Crippen LogP contribution in [0.2, 0.25) is 0 Å². The number of rotatable bonds is 5. The lowest BCUT2D eigenvalue weighted by Crippen LogP contribution is -2.24. The predicted molar refractivity (Wildman–Crippen MR) is 94.4 cm³/mol. The molecule has 0 aliphatic carbocycles. The summed E-state index contributed by atoms with van der Waals surface area (Å²) in [6.07, 6.45) is -3.18. The number of hydrogen-bond acceptors (Lipinski definition) is 4. The third kappa shape index (κ3) is 5.04. The first kappa shape index (κ1) is 18.4. The van der Waals surface area contributed by atoms with Gasteiger partial charge >= 0.3 is 6.18 Å². The quantitative estimate of drug-likeness (QED) is 0.706. The van der Waals surface area contributed by atoms with Crippen LogP contribution in [0, 0.1) is 0 Å². The number of alkyl halides is 3. The van der Waals surface area contributed by atoms with Crippen molar-refractivity contribution in [3.63, 3.8) is 0 Å². The van der Waals surface area contributed by atoms with Gasteiger partial charge in [-0.3, -0.25) is 4.79 Å². The number of carbonyl (C=O) groups excluding carboxylic acids is 1. The number of anilines is 2. The number of nitrogens with one attached hydrogen (secondary N) is 2. The van der Waals surface area contributed by atoms with Crippen molar-refractivity contribution in [2.75, 3.05) is 5.32 Å². The third-order valence-electron chi connectivity index (χ3n) is 3.68. The molecule has 1 aromatic heterocycles. The summed E-state index contributed by atoms with van der Waals surface area (Å²) in [6, 6.07) is 15.4. The van der Waals surface area contributed by atoms with Gasteiger partial charge in [-0.05, 0) is 29.8 Å². The molecule has 0 unspecified atom stereocenters. The Kier molecular flexibility index (Phi) is 5.35. The van der Waals surface area contributed by atoms with E-state index in [-0.39, 0.29) is 11.6 Å². The maximum atomic E-state index is 12.6. The van der Waals surface area contributed by atoms with E-state index >= 15 is 0 Å². The molecule has 3 aromatic rings. The van der Waals surface area contributed by atoms with E-state index in [0.717, 1.165) is 17.7 Å². The molecule has 0 fully saturated rings. The zero-order valence-corrected chi connectivity index (χ0v) is 14.0. The average Bonchev–Trinajstić information content (AvgIpc) is 2.67. The van der Waals surface area contributed by atoms with Gasteiger partial charge in [-0.15, -0.1) is 0 Å². The Morgan fingerprint density at radius 2 is 1.67 bits per heavy atom. The summed E-state index contributed by atoms with van der Waals surface area (Å²) in [5.41, 5.74) is 0.771. The molecule has 0 radical (unpaired) electrons. The Bertz CT molecular complexity index is 912. The molecule has 1 amide bonds. The number of amides is 1. The highest BCUT2D eigenvalue weighted by Gasteiger charge is 2.29. The molecule has 0 bridgehead atoms. The van der Waals surface area contributed by atoms with Crippen LogP contribution in [0.5, 0.6) is 0 Å². The van der Waals surface area contributed by atoms with E-state index in [0.29, 0.717) is 18.1 Å². The highest BCUT2D eigenvalue weighted by molar-refractivity contribution is 5.92. The standard InChI is InChI=1S/C19H15F3N4O/c20-19(21,22)14-6-8-15(9-7-14)26-17-10-16(24-12-25-17)18(27)23-11-13-4-2-1-3-5-13/h1-10,12H,11H2,(H,23,27)(H,24,25,26). The maximum absolute atomic E-state index is 12.6. The molecule has 3 rings (SSSR count). The van der Waals surface area contributed by atoms with E-state index in [9.17, 15) is 18.0 Å². The molecule has 0 saturated heterocycles. The molecular formula is C19H15F3N4O. The molecule has 0 spiro atoms. The summed E-state index contributed by atoms with van der Waals surface area (Å²) in [5, 5.41) is 5.60. The van der Waals surface area contributed by atoms with Gasteiger partial charge in [-0.2, -0.15) is 13.2 Å². The van der Waals surface area contributed by atoms with E-state index in [4.69, 9.17) is 0 Å². The summed E-state index contributed by atoms with van der Waals surface area (Å²) in [7, 11) is 0. The highest BCUT2D eigenvalue weighted by Crippen LogP contribution is 2.30. The molecule has 0 aliphatic heterocycles. The fourth-order valence-electron chi connectivity index (χ4n) is 2.31. The first-order valence-electron chi connectivity index (χ1n) is 8.00. The predicted octanol–water partition coefficient (Wildman–Crippen LogP) is 4.17. The van der Waals surface area contributed by atoms with Crippen LogP contribution in [-0.4, -0.2) is 15.9 Å². The maximum Gasteiger partial charge on any atom is 0.416 e.